The topological polar surface area (TPSA) is 81.2 Å². The van der Waals surface area contributed by atoms with Gasteiger partial charge in [0, 0.05) is 30.1 Å². The van der Waals surface area contributed by atoms with Crippen LogP contribution in [0.3, 0.4) is 0 Å². The predicted octanol–water partition coefficient (Wildman–Crippen LogP) is 4.52. The molecule has 0 radical (unpaired) electrons. The predicted molar refractivity (Wildman–Crippen MR) is 162 cm³/mol. The molecule has 3 heterocycles. The van der Waals surface area contributed by atoms with Crippen LogP contribution in [0.15, 0.2) is 55.6 Å². The molecule has 3 aliphatic heterocycles. The van der Waals surface area contributed by atoms with Crippen molar-refractivity contribution >= 4 is 35.2 Å². The van der Waals surface area contributed by atoms with Gasteiger partial charge in [-0.1, -0.05) is 57.5 Å². The van der Waals surface area contributed by atoms with Gasteiger partial charge < -0.3 is 19.8 Å². The highest BCUT2D eigenvalue weighted by atomic mass is 32.2. The van der Waals surface area contributed by atoms with Crippen LogP contribution in [0.5, 0.6) is 0 Å². The zero-order valence-electron chi connectivity index (χ0n) is 24.4. The molecule has 0 saturated carbocycles. The maximum atomic E-state index is 14.6. The summed E-state index contributed by atoms with van der Waals surface area (Å²) in [4.78, 5) is 48.7. The summed E-state index contributed by atoms with van der Waals surface area (Å²) >= 11 is 1.67. The quantitative estimate of drug-likeness (QED) is 0.355. The third kappa shape index (κ3) is 5.02. The first-order chi connectivity index (χ1) is 19.2. The number of hydrogen-bond acceptors (Lipinski definition) is 5. The molecule has 1 aromatic carbocycles. The highest BCUT2D eigenvalue weighted by Crippen LogP contribution is 2.67. The molecular weight excluding hydrogens is 522 g/mol. The zero-order chi connectivity index (χ0) is 29.2. The van der Waals surface area contributed by atoms with Crippen LogP contribution in [0.2, 0.25) is 0 Å². The lowest BCUT2D eigenvalue weighted by molar-refractivity contribution is -0.147. The maximum Gasteiger partial charge on any atom is 0.247 e. The minimum absolute atomic E-state index is 0.0169. The van der Waals surface area contributed by atoms with E-state index < -0.39 is 28.7 Å². The van der Waals surface area contributed by atoms with Crippen LogP contribution in [-0.2, 0) is 14.4 Å². The number of likely N-dealkylation sites (tertiary alicyclic amines) is 1. The molecule has 3 amide bonds. The summed E-state index contributed by atoms with van der Waals surface area (Å²) in [6.07, 6.45) is 6.69. The summed E-state index contributed by atoms with van der Waals surface area (Å²) in [5.41, 5.74) is 0.769. The lowest BCUT2D eigenvalue weighted by Gasteiger charge is -2.42. The van der Waals surface area contributed by atoms with E-state index >= 15 is 0 Å². The first kappa shape index (κ1) is 30.4. The van der Waals surface area contributed by atoms with E-state index in [-0.39, 0.29) is 41.5 Å². The summed E-state index contributed by atoms with van der Waals surface area (Å²) in [6, 6.07) is 8.23. The molecule has 0 aliphatic carbocycles. The number of nitrogens with zero attached hydrogens (tertiary/aromatic N) is 3. The van der Waals surface area contributed by atoms with Crippen molar-refractivity contribution in [2.45, 2.75) is 81.5 Å². The van der Waals surface area contributed by atoms with E-state index in [1.807, 2.05) is 56.0 Å². The molecule has 0 aromatic heterocycles. The van der Waals surface area contributed by atoms with Gasteiger partial charge in [-0.25, -0.2) is 0 Å². The van der Waals surface area contributed by atoms with Crippen molar-refractivity contribution in [1.29, 1.82) is 0 Å². The van der Waals surface area contributed by atoms with Crippen LogP contribution in [0.4, 0.5) is 5.69 Å². The van der Waals surface area contributed by atoms with Crippen molar-refractivity contribution in [3.63, 3.8) is 0 Å². The van der Waals surface area contributed by atoms with E-state index in [0.717, 1.165) is 24.9 Å². The molecule has 3 fully saturated rings. The van der Waals surface area contributed by atoms with Gasteiger partial charge in [0.25, 0.3) is 0 Å². The molecule has 2 bridgehead atoms. The standard InChI is InChI=1S/C32H45N3O4S/c1-7-13-22(6)33(18-8-2)31(39)28-32-17-16-25(40-32)26(27(32)30(38)35(28)24(20-36)21(4)5)29(37)34(19-9-3)23-14-11-10-12-15-23/h8-12,14-15,21-22,24-28,36H,2-3,7,13,16-20H2,1,4-6H3/t22?,24-,25+,26-,27-,28?,32?/m0/s1. The van der Waals surface area contributed by atoms with Crippen molar-refractivity contribution in [2.75, 3.05) is 24.6 Å². The second-order valence-corrected chi connectivity index (χ2v) is 13.4. The fourth-order valence-electron chi connectivity index (χ4n) is 7.23. The van der Waals surface area contributed by atoms with Crippen LogP contribution in [-0.4, -0.2) is 80.4 Å². The van der Waals surface area contributed by atoms with Gasteiger partial charge in [-0.3, -0.25) is 14.4 Å². The first-order valence-corrected chi connectivity index (χ1v) is 15.6. The van der Waals surface area contributed by atoms with Crippen molar-refractivity contribution in [3.05, 3.63) is 55.6 Å². The minimum Gasteiger partial charge on any atom is -0.394 e. The first-order valence-electron chi connectivity index (χ1n) is 14.7. The number of carbonyl (C=O) groups is 3. The highest BCUT2D eigenvalue weighted by molar-refractivity contribution is 8.02. The van der Waals surface area contributed by atoms with Gasteiger partial charge in [-0.15, -0.1) is 24.9 Å². The third-order valence-corrected chi connectivity index (χ3v) is 11.0. The fourth-order valence-corrected chi connectivity index (χ4v) is 9.42. The Morgan fingerprint density at radius 2 is 1.82 bits per heavy atom. The summed E-state index contributed by atoms with van der Waals surface area (Å²) in [6.45, 7) is 16.3. The highest BCUT2D eigenvalue weighted by Gasteiger charge is 2.74. The van der Waals surface area contributed by atoms with Crippen molar-refractivity contribution in [2.24, 2.45) is 17.8 Å². The van der Waals surface area contributed by atoms with Crippen LogP contribution in [0, 0.1) is 17.8 Å². The Labute approximate surface area is 243 Å². The molecule has 218 valence electrons. The molecule has 1 aromatic rings. The van der Waals surface area contributed by atoms with Crippen LogP contribution in [0.25, 0.3) is 0 Å². The number of fused-ring (bicyclic) bond motifs is 1. The number of benzene rings is 1. The lowest BCUT2D eigenvalue weighted by Crippen LogP contribution is -2.59. The Bertz CT molecular complexity index is 1110. The number of anilines is 1. The van der Waals surface area contributed by atoms with Crippen molar-refractivity contribution in [1.82, 2.24) is 9.80 Å². The zero-order valence-corrected chi connectivity index (χ0v) is 25.2. The van der Waals surface area contributed by atoms with E-state index in [1.165, 1.54) is 0 Å². The maximum absolute atomic E-state index is 14.6. The monoisotopic (exact) mass is 567 g/mol. The van der Waals surface area contributed by atoms with Crippen molar-refractivity contribution < 1.29 is 19.5 Å². The van der Waals surface area contributed by atoms with Crippen LogP contribution < -0.4 is 4.90 Å². The summed E-state index contributed by atoms with van der Waals surface area (Å²) in [5, 5.41) is 10.5. The summed E-state index contributed by atoms with van der Waals surface area (Å²) < 4.78 is -0.705. The Kier molecular flexibility index (Phi) is 9.51. The molecule has 8 heteroatoms. The van der Waals surface area contributed by atoms with Crippen molar-refractivity contribution in [3.8, 4) is 0 Å². The Balaban J connectivity index is 1.80. The summed E-state index contributed by atoms with van der Waals surface area (Å²) in [5.74, 6) is -1.58. The molecule has 3 saturated heterocycles. The largest absolute Gasteiger partial charge is 0.394 e. The second kappa shape index (κ2) is 12.5. The normalized spacial score (nSPS) is 28.4. The molecule has 1 spiro atoms. The number of aliphatic hydroxyl groups excluding tert-OH is 1. The molecular formula is C32H45N3O4S. The van der Waals surface area contributed by atoms with Gasteiger partial charge in [-0.05, 0) is 44.2 Å². The SMILES string of the molecule is C=CCN(C(=O)[C@@H]1[C@H]2C(=O)N([C@@H](CO)C(C)C)C(C(=O)N(CC=C)C(C)CCC)C23CC[C@H]1S3)c1ccccc1. The van der Waals surface area contributed by atoms with Gasteiger partial charge >= 0.3 is 0 Å². The number of aliphatic hydroxyl groups is 1. The molecule has 3 aliphatic rings. The smallest absolute Gasteiger partial charge is 0.247 e. The van der Waals surface area contributed by atoms with Gasteiger partial charge in [0.15, 0.2) is 0 Å². The van der Waals surface area contributed by atoms with Gasteiger partial charge in [0.05, 0.1) is 29.2 Å². The number of hydrogen-bond donors (Lipinski definition) is 1. The number of rotatable bonds is 13. The van der Waals surface area contributed by atoms with Crippen LogP contribution >= 0.6 is 11.8 Å². The van der Waals surface area contributed by atoms with Crippen LogP contribution in [0.1, 0.15) is 53.4 Å². The summed E-state index contributed by atoms with van der Waals surface area (Å²) in [7, 11) is 0. The Morgan fingerprint density at radius 1 is 1.15 bits per heavy atom. The number of para-hydroxylation sites is 1. The molecule has 3 unspecified atom stereocenters. The number of carbonyl (C=O) groups excluding carboxylic acids is 3. The van der Waals surface area contributed by atoms with Gasteiger partial charge in [0.1, 0.15) is 6.04 Å². The average molecular weight is 568 g/mol. The Morgan fingerprint density at radius 3 is 2.40 bits per heavy atom. The third-order valence-electron chi connectivity index (χ3n) is 9.06. The average Bonchev–Trinajstić information content (AvgIpc) is 3.58. The van der Waals surface area contributed by atoms with E-state index in [9.17, 15) is 19.5 Å². The van der Waals surface area contributed by atoms with Gasteiger partial charge in [0.2, 0.25) is 17.7 Å². The Hall–Kier alpha value is -2.58. The van der Waals surface area contributed by atoms with E-state index in [4.69, 9.17) is 0 Å². The fraction of sp³-hybridized carbons (Fsp3) is 0.594. The second-order valence-electron chi connectivity index (χ2n) is 11.8. The van der Waals surface area contributed by atoms with E-state index in [2.05, 4.69) is 20.1 Å². The molecule has 4 rings (SSSR count). The minimum atomic E-state index is -0.735. The molecule has 40 heavy (non-hydrogen) atoms. The molecule has 7 nitrogen and oxygen atoms in total. The lowest BCUT2D eigenvalue weighted by atomic mass is 9.70. The van der Waals surface area contributed by atoms with E-state index in [1.54, 1.807) is 33.7 Å². The van der Waals surface area contributed by atoms with Gasteiger partial charge in [-0.2, -0.15) is 0 Å². The number of thioether (sulfide) groups is 1. The van der Waals surface area contributed by atoms with E-state index in [0.29, 0.717) is 19.5 Å². The molecule has 7 atom stereocenters. The number of amides is 3. The molecule has 1 N–H and O–H groups in total.